The number of aromatic hydroxyl groups is 1. The number of aliphatic imine (C=N–C) groups is 1. The number of primary amides is 1. The van der Waals surface area contributed by atoms with E-state index in [-0.39, 0.29) is 43.9 Å². The summed E-state index contributed by atoms with van der Waals surface area (Å²) in [6, 6.07) is 9.46. The molecule has 4 atom stereocenters. The Morgan fingerprint density at radius 2 is 1.26 bits per heavy atom. The smallest absolute Gasteiger partial charge is 0.326 e. The third kappa shape index (κ3) is 12.5. The Morgan fingerprint density at radius 1 is 0.744 bits per heavy atom. The maximum Gasteiger partial charge on any atom is 0.326 e. The van der Waals surface area contributed by atoms with Crippen LogP contribution in [0.3, 0.4) is 0 Å². The fraction of sp³-hybridized carbons (Fsp3) is 0.357. The molecule has 0 saturated carbocycles. The molecule has 4 amide bonds. The van der Waals surface area contributed by atoms with Crippen LogP contribution in [0.4, 0.5) is 0 Å². The van der Waals surface area contributed by atoms with Gasteiger partial charge in [0.15, 0.2) is 5.96 Å². The first-order valence-electron chi connectivity index (χ1n) is 13.4. The second-order valence-corrected chi connectivity index (χ2v) is 9.81. The van der Waals surface area contributed by atoms with Gasteiger partial charge < -0.3 is 49.1 Å². The van der Waals surface area contributed by atoms with Crippen molar-refractivity contribution in [2.45, 2.75) is 56.3 Å². The van der Waals surface area contributed by atoms with Crippen LogP contribution in [0, 0.1) is 0 Å². The number of aliphatic carboxylic acids is 1. The zero-order valence-corrected chi connectivity index (χ0v) is 23.4. The lowest BCUT2D eigenvalue weighted by Gasteiger charge is -2.25. The number of carboxylic acids is 1. The molecule has 4 unspecified atom stereocenters. The second kappa shape index (κ2) is 16.9. The molecule has 2 aromatic carbocycles. The Kier molecular flexibility index (Phi) is 13.4. The van der Waals surface area contributed by atoms with Gasteiger partial charge in [-0.1, -0.05) is 42.5 Å². The average Bonchev–Trinajstić information content (AvgIpc) is 2.94. The van der Waals surface area contributed by atoms with Gasteiger partial charge in [0.25, 0.3) is 0 Å². The monoisotopic (exact) mass is 598 g/mol. The van der Waals surface area contributed by atoms with Crippen molar-refractivity contribution in [2.24, 2.45) is 27.9 Å². The minimum Gasteiger partial charge on any atom is -0.508 e. The number of benzene rings is 2. The minimum absolute atomic E-state index is 0.00215. The van der Waals surface area contributed by atoms with E-state index in [4.69, 9.17) is 22.9 Å². The number of rotatable bonds is 17. The number of hydrogen-bond acceptors (Lipinski definition) is 8. The van der Waals surface area contributed by atoms with E-state index >= 15 is 0 Å². The van der Waals surface area contributed by atoms with Crippen LogP contribution in [0.5, 0.6) is 5.75 Å². The highest BCUT2D eigenvalue weighted by Crippen LogP contribution is 2.13. The SMILES string of the molecule is NC(=O)CC(N)C(=O)NC(Cc1ccccc1)C(=O)NC(Cc1ccc(O)cc1)C(=O)NC(CCCN=C(N)N)C(=O)O. The maximum absolute atomic E-state index is 13.5. The lowest BCUT2D eigenvalue weighted by Crippen LogP contribution is -2.58. The van der Waals surface area contributed by atoms with E-state index in [2.05, 4.69) is 20.9 Å². The molecule has 0 heterocycles. The van der Waals surface area contributed by atoms with Gasteiger partial charge in [-0.25, -0.2) is 4.79 Å². The number of hydrogen-bond donors (Lipinski definition) is 9. The van der Waals surface area contributed by atoms with E-state index in [1.54, 1.807) is 30.3 Å². The summed E-state index contributed by atoms with van der Waals surface area (Å²) in [6.07, 6.45) is -0.261. The molecule has 13 N–H and O–H groups in total. The molecule has 0 spiro atoms. The fourth-order valence-corrected chi connectivity index (χ4v) is 4.03. The van der Waals surface area contributed by atoms with Crippen LogP contribution in [-0.4, -0.2) is 76.5 Å². The Hall–Kier alpha value is -5.18. The summed E-state index contributed by atoms with van der Waals surface area (Å²) in [6.45, 7) is 0.147. The summed E-state index contributed by atoms with van der Waals surface area (Å²) in [5, 5.41) is 26.9. The molecule has 0 aliphatic rings. The van der Waals surface area contributed by atoms with Gasteiger partial charge >= 0.3 is 5.97 Å². The quantitative estimate of drug-likeness (QED) is 0.0547. The van der Waals surface area contributed by atoms with Crippen molar-refractivity contribution in [1.29, 1.82) is 0 Å². The van der Waals surface area contributed by atoms with Crippen LogP contribution in [-0.2, 0) is 36.8 Å². The van der Waals surface area contributed by atoms with Gasteiger partial charge in [0.05, 0.1) is 12.5 Å². The predicted molar refractivity (Wildman–Crippen MR) is 157 cm³/mol. The van der Waals surface area contributed by atoms with Crippen LogP contribution in [0.2, 0.25) is 0 Å². The molecule has 0 aromatic heterocycles. The summed E-state index contributed by atoms with van der Waals surface area (Å²) >= 11 is 0. The largest absolute Gasteiger partial charge is 0.508 e. The Bertz CT molecular complexity index is 1280. The van der Waals surface area contributed by atoms with Crippen LogP contribution < -0.4 is 38.9 Å². The molecular weight excluding hydrogens is 560 g/mol. The lowest BCUT2D eigenvalue weighted by atomic mass is 10.0. The Morgan fingerprint density at radius 3 is 1.77 bits per heavy atom. The van der Waals surface area contributed by atoms with Crippen molar-refractivity contribution >= 4 is 35.6 Å². The minimum atomic E-state index is -1.31. The molecule has 0 radical (unpaired) electrons. The van der Waals surface area contributed by atoms with E-state index in [0.717, 1.165) is 0 Å². The number of nitrogens with one attached hydrogen (secondary N) is 3. The first-order valence-corrected chi connectivity index (χ1v) is 13.4. The molecule has 0 aliphatic heterocycles. The molecular formula is C28H38N8O7. The fourth-order valence-electron chi connectivity index (χ4n) is 4.03. The van der Waals surface area contributed by atoms with E-state index in [1.165, 1.54) is 24.3 Å². The number of phenols is 1. The number of carboxylic acid groups (broad SMARTS) is 1. The number of guanidine groups is 1. The zero-order chi connectivity index (χ0) is 31.9. The van der Waals surface area contributed by atoms with Crippen LogP contribution in [0.15, 0.2) is 59.6 Å². The molecule has 0 fully saturated rings. The van der Waals surface area contributed by atoms with Gasteiger partial charge in [-0.3, -0.25) is 24.2 Å². The molecule has 15 nitrogen and oxygen atoms in total. The number of phenolic OH excluding ortho intramolecular Hbond substituents is 1. The topological polar surface area (TPSA) is 278 Å². The first-order chi connectivity index (χ1) is 20.3. The Balaban J connectivity index is 2.30. The van der Waals surface area contributed by atoms with Crippen LogP contribution in [0.25, 0.3) is 0 Å². The molecule has 43 heavy (non-hydrogen) atoms. The average molecular weight is 599 g/mol. The van der Waals surface area contributed by atoms with Gasteiger partial charge in [0, 0.05) is 19.4 Å². The molecule has 0 bridgehead atoms. The normalized spacial score (nSPS) is 13.4. The van der Waals surface area contributed by atoms with E-state index < -0.39 is 60.2 Å². The van der Waals surface area contributed by atoms with Gasteiger partial charge in [-0.05, 0) is 36.1 Å². The summed E-state index contributed by atoms with van der Waals surface area (Å²) in [7, 11) is 0. The highest BCUT2D eigenvalue weighted by Gasteiger charge is 2.31. The van der Waals surface area contributed by atoms with Crippen molar-refractivity contribution in [3.05, 3.63) is 65.7 Å². The number of carbonyl (C=O) groups is 5. The van der Waals surface area contributed by atoms with Gasteiger partial charge in [0.1, 0.15) is 23.9 Å². The molecule has 15 heteroatoms. The summed E-state index contributed by atoms with van der Waals surface area (Å²) < 4.78 is 0. The van der Waals surface area contributed by atoms with Gasteiger partial charge in [-0.2, -0.15) is 0 Å². The number of amides is 4. The number of nitrogens with zero attached hydrogens (tertiary/aromatic N) is 1. The van der Waals surface area contributed by atoms with E-state index in [1.807, 2.05) is 0 Å². The van der Waals surface area contributed by atoms with E-state index in [0.29, 0.717) is 11.1 Å². The lowest BCUT2D eigenvalue weighted by molar-refractivity contribution is -0.142. The van der Waals surface area contributed by atoms with Crippen molar-refractivity contribution < 1.29 is 34.2 Å². The molecule has 2 aromatic rings. The maximum atomic E-state index is 13.5. The summed E-state index contributed by atoms with van der Waals surface area (Å²) in [4.78, 5) is 66.5. The second-order valence-electron chi connectivity index (χ2n) is 9.81. The van der Waals surface area contributed by atoms with Crippen LogP contribution >= 0.6 is 0 Å². The van der Waals surface area contributed by atoms with Crippen molar-refractivity contribution in [2.75, 3.05) is 6.54 Å². The third-order valence-corrected chi connectivity index (χ3v) is 6.24. The molecule has 0 aliphatic carbocycles. The standard InChI is InChI=1S/C28H38N8O7/c29-19(15-23(30)38)24(39)35-21(13-16-5-2-1-3-6-16)26(41)36-22(14-17-8-10-18(37)11-9-17)25(40)34-20(27(42)43)7-4-12-33-28(31)32/h1-3,5-6,8-11,19-22,37H,4,7,12-15,29H2,(H2,30,38)(H,34,40)(H,35,39)(H,36,41)(H,42,43)(H4,31,32,33). The summed E-state index contributed by atoms with van der Waals surface area (Å²) in [5.74, 6) is -4.64. The third-order valence-electron chi connectivity index (χ3n) is 6.24. The molecule has 2 rings (SSSR count). The van der Waals surface area contributed by atoms with Crippen molar-refractivity contribution in [3.8, 4) is 5.75 Å². The molecule has 232 valence electrons. The van der Waals surface area contributed by atoms with Gasteiger partial charge in [-0.15, -0.1) is 0 Å². The molecule has 0 saturated heterocycles. The highest BCUT2D eigenvalue weighted by molar-refractivity contribution is 5.95. The number of nitrogens with two attached hydrogens (primary N) is 4. The highest BCUT2D eigenvalue weighted by atomic mass is 16.4. The van der Waals surface area contributed by atoms with Crippen LogP contribution in [0.1, 0.15) is 30.4 Å². The summed E-state index contributed by atoms with van der Waals surface area (Å²) in [5.41, 5.74) is 22.7. The van der Waals surface area contributed by atoms with E-state index in [9.17, 15) is 34.2 Å². The Labute approximate surface area is 248 Å². The first kappa shape index (κ1) is 34.0. The zero-order valence-electron chi connectivity index (χ0n) is 23.4. The van der Waals surface area contributed by atoms with Crippen molar-refractivity contribution in [1.82, 2.24) is 16.0 Å². The van der Waals surface area contributed by atoms with Crippen molar-refractivity contribution in [3.63, 3.8) is 0 Å². The number of carbonyl (C=O) groups excluding carboxylic acids is 4. The predicted octanol–water partition coefficient (Wildman–Crippen LogP) is -2.03. The van der Waals surface area contributed by atoms with Gasteiger partial charge in [0.2, 0.25) is 23.6 Å².